The Kier molecular flexibility index (Phi) is 7.92. The minimum Gasteiger partial charge on any atom is -0.396 e. The molecule has 0 spiro atoms. The number of hydrogen-bond donors (Lipinski definition) is 3. The van der Waals surface area contributed by atoms with E-state index in [9.17, 15) is 5.11 Å². The number of benzene rings is 1. The Morgan fingerprint density at radius 2 is 2.00 bits per heavy atom. The van der Waals surface area contributed by atoms with Gasteiger partial charge in [-0.1, -0.05) is 30.3 Å². The summed E-state index contributed by atoms with van der Waals surface area (Å²) in [5.41, 5.74) is 3.60. The van der Waals surface area contributed by atoms with Crippen LogP contribution in [0.5, 0.6) is 0 Å². The van der Waals surface area contributed by atoms with Crippen molar-refractivity contribution < 1.29 is 5.11 Å². The van der Waals surface area contributed by atoms with Gasteiger partial charge in [0.2, 0.25) is 0 Å². The van der Waals surface area contributed by atoms with Crippen LogP contribution in [-0.4, -0.2) is 42.3 Å². The Hall–Kier alpha value is -2.40. The molecule has 2 rings (SSSR count). The van der Waals surface area contributed by atoms with Gasteiger partial charge >= 0.3 is 0 Å². The van der Waals surface area contributed by atoms with Crippen molar-refractivity contribution >= 4 is 5.96 Å². The van der Waals surface area contributed by atoms with E-state index in [-0.39, 0.29) is 12.5 Å². The smallest absolute Gasteiger partial charge is 0.191 e. The maximum absolute atomic E-state index is 9.66. The van der Waals surface area contributed by atoms with Crippen LogP contribution in [0.15, 0.2) is 53.8 Å². The molecule has 0 aliphatic rings. The van der Waals surface area contributed by atoms with Crippen LogP contribution >= 0.6 is 0 Å². The van der Waals surface area contributed by atoms with Crippen LogP contribution in [0.25, 0.3) is 0 Å². The summed E-state index contributed by atoms with van der Waals surface area (Å²) in [6.45, 7) is 6.35. The molecule has 0 aliphatic carbocycles. The Balaban J connectivity index is 1.92. The standard InChI is InChI=1S/C20H28N4O/c1-3-22-20(23-12-10-17-9-11-21-13-16(17)2)24-14-19(15-25)18-7-5-4-6-8-18/h4-9,11,13,19,25H,3,10,12,14-15H2,1-2H3,(H2,22,23,24). The van der Waals surface area contributed by atoms with E-state index in [0.29, 0.717) is 6.54 Å². The predicted molar refractivity (Wildman–Crippen MR) is 103 cm³/mol. The number of rotatable bonds is 8. The molecule has 1 aromatic carbocycles. The molecule has 0 aliphatic heterocycles. The molecule has 5 nitrogen and oxygen atoms in total. The largest absolute Gasteiger partial charge is 0.396 e. The van der Waals surface area contributed by atoms with E-state index in [1.54, 1.807) is 0 Å². The molecule has 0 bridgehead atoms. The van der Waals surface area contributed by atoms with Crippen LogP contribution in [0.4, 0.5) is 0 Å². The Labute approximate surface area is 150 Å². The third kappa shape index (κ3) is 6.19. The first-order chi connectivity index (χ1) is 12.2. The number of aliphatic hydroxyl groups excluding tert-OH is 1. The maximum atomic E-state index is 9.66. The fourth-order valence-corrected chi connectivity index (χ4v) is 2.64. The first-order valence-corrected chi connectivity index (χ1v) is 8.82. The molecule has 0 fully saturated rings. The van der Waals surface area contributed by atoms with Crippen molar-refractivity contribution in [3.63, 3.8) is 0 Å². The lowest BCUT2D eigenvalue weighted by atomic mass is 10.0. The third-order valence-electron chi connectivity index (χ3n) is 4.13. The molecule has 0 saturated carbocycles. The average molecular weight is 340 g/mol. The van der Waals surface area contributed by atoms with Crippen LogP contribution in [0.2, 0.25) is 0 Å². The van der Waals surface area contributed by atoms with Crippen LogP contribution in [-0.2, 0) is 6.42 Å². The molecule has 0 saturated heterocycles. The number of nitrogens with one attached hydrogen (secondary N) is 2. The van der Waals surface area contributed by atoms with Gasteiger partial charge in [-0.2, -0.15) is 0 Å². The van der Waals surface area contributed by atoms with E-state index >= 15 is 0 Å². The van der Waals surface area contributed by atoms with Crippen LogP contribution < -0.4 is 10.6 Å². The van der Waals surface area contributed by atoms with Crippen LogP contribution in [0.3, 0.4) is 0 Å². The zero-order chi connectivity index (χ0) is 17.9. The Morgan fingerprint density at radius 3 is 2.68 bits per heavy atom. The van der Waals surface area contributed by atoms with E-state index in [4.69, 9.17) is 0 Å². The topological polar surface area (TPSA) is 69.5 Å². The van der Waals surface area contributed by atoms with Gasteiger partial charge < -0.3 is 15.7 Å². The van der Waals surface area contributed by atoms with Gasteiger partial charge in [0.05, 0.1) is 13.2 Å². The van der Waals surface area contributed by atoms with E-state index in [0.717, 1.165) is 31.0 Å². The van der Waals surface area contributed by atoms with Crippen molar-refractivity contribution in [2.75, 3.05) is 26.2 Å². The Bertz CT molecular complexity index is 658. The summed E-state index contributed by atoms with van der Waals surface area (Å²) in [4.78, 5) is 8.76. The van der Waals surface area contributed by atoms with Crippen molar-refractivity contribution in [3.05, 3.63) is 65.5 Å². The highest BCUT2D eigenvalue weighted by Gasteiger charge is 2.10. The first kappa shape index (κ1) is 18.9. The first-order valence-electron chi connectivity index (χ1n) is 8.82. The van der Waals surface area contributed by atoms with Crippen molar-refractivity contribution in [3.8, 4) is 0 Å². The quantitative estimate of drug-likeness (QED) is 0.509. The maximum Gasteiger partial charge on any atom is 0.191 e. The molecule has 2 aromatic rings. The summed E-state index contributed by atoms with van der Waals surface area (Å²) in [6.07, 6.45) is 4.63. The predicted octanol–water partition coefficient (Wildman–Crippen LogP) is 2.26. The monoisotopic (exact) mass is 340 g/mol. The number of guanidine groups is 1. The molecule has 3 N–H and O–H groups in total. The van der Waals surface area contributed by atoms with Gasteiger partial charge in [0.1, 0.15) is 0 Å². The summed E-state index contributed by atoms with van der Waals surface area (Å²) < 4.78 is 0. The fourth-order valence-electron chi connectivity index (χ4n) is 2.64. The lowest BCUT2D eigenvalue weighted by molar-refractivity contribution is 0.268. The molecule has 1 heterocycles. The number of aromatic nitrogens is 1. The van der Waals surface area contributed by atoms with E-state index in [1.165, 1.54) is 11.1 Å². The van der Waals surface area contributed by atoms with Crippen LogP contribution in [0, 0.1) is 6.92 Å². The SMILES string of the molecule is CCNC(=NCC(CO)c1ccccc1)NCCc1ccncc1C. The summed E-state index contributed by atoms with van der Waals surface area (Å²) in [5.74, 6) is 0.794. The molecule has 1 atom stereocenters. The second kappa shape index (κ2) is 10.5. The number of nitrogens with zero attached hydrogens (tertiary/aromatic N) is 2. The number of aliphatic hydroxyl groups is 1. The highest BCUT2D eigenvalue weighted by atomic mass is 16.3. The van der Waals surface area contributed by atoms with Crippen LogP contribution in [0.1, 0.15) is 29.5 Å². The van der Waals surface area contributed by atoms with Gasteiger partial charge in [0.15, 0.2) is 5.96 Å². The second-order valence-electron chi connectivity index (χ2n) is 5.99. The number of hydrogen-bond acceptors (Lipinski definition) is 3. The molecule has 1 aromatic heterocycles. The molecular weight excluding hydrogens is 312 g/mol. The van der Waals surface area contributed by atoms with E-state index in [1.807, 2.05) is 49.6 Å². The highest BCUT2D eigenvalue weighted by Crippen LogP contribution is 2.14. The summed E-state index contributed by atoms with van der Waals surface area (Å²) in [7, 11) is 0. The van der Waals surface area contributed by atoms with Gasteiger partial charge in [0, 0.05) is 31.4 Å². The molecule has 1 unspecified atom stereocenters. The number of aliphatic imine (C=N–C) groups is 1. The van der Waals surface area contributed by atoms with Crippen molar-refractivity contribution in [2.24, 2.45) is 4.99 Å². The number of aryl methyl sites for hydroxylation is 1. The highest BCUT2D eigenvalue weighted by molar-refractivity contribution is 5.79. The number of pyridine rings is 1. The van der Waals surface area contributed by atoms with Gasteiger partial charge in [-0.3, -0.25) is 9.98 Å². The molecular formula is C20H28N4O. The minimum absolute atomic E-state index is 0.0131. The minimum atomic E-state index is 0.0131. The molecule has 25 heavy (non-hydrogen) atoms. The van der Waals surface area contributed by atoms with Gasteiger partial charge in [-0.25, -0.2) is 0 Å². The van der Waals surface area contributed by atoms with Gasteiger partial charge in [-0.05, 0) is 43.0 Å². The molecule has 0 amide bonds. The Morgan fingerprint density at radius 1 is 1.20 bits per heavy atom. The molecule has 5 heteroatoms. The third-order valence-corrected chi connectivity index (χ3v) is 4.13. The van der Waals surface area contributed by atoms with E-state index < -0.39 is 0 Å². The van der Waals surface area contributed by atoms with Gasteiger partial charge in [0.25, 0.3) is 0 Å². The lowest BCUT2D eigenvalue weighted by Crippen LogP contribution is -2.38. The van der Waals surface area contributed by atoms with Gasteiger partial charge in [-0.15, -0.1) is 0 Å². The molecule has 134 valence electrons. The zero-order valence-corrected chi connectivity index (χ0v) is 15.1. The zero-order valence-electron chi connectivity index (χ0n) is 15.1. The van der Waals surface area contributed by atoms with Crippen molar-refractivity contribution in [2.45, 2.75) is 26.2 Å². The lowest BCUT2D eigenvalue weighted by Gasteiger charge is -2.15. The summed E-state index contributed by atoms with van der Waals surface area (Å²) >= 11 is 0. The summed E-state index contributed by atoms with van der Waals surface area (Å²) in [6, 6.07) is 12.1. The molecule has 0 radical (unpaired) electrons. The van der Waals surface area contributed by atoms with E-state index in [2.05, 4.69) is 33.6 Å². The van der Waals surface area contributed by atoms with Crippen molar-refractivity contribution in [1.29, 1.82) is 0 Å². The normalized spacial score (nSPS) is 12.7. The average Bonchev–Trinajstić information content (AvgIpc) is 2.64. The van der Waals surface area contributed by atoms with Crippen molar-refractivity contribution in [1.82, 2.24) is 15.6 Å². The summed E-state index contributed by atoms with van der Waals surface area (Å²) in [5, 5.41) is 16.3. The second-order valence-corrected chi connectivity index (χ2v) is 5.99. The fraction of sp³-hybridized carbons (Fsp3) is 0.400.